The van der Waals surface area contributed by atoms with Crippen LogP contribution in [0.5, 0.6) is 11.5 Å². The van der Waals surface area contributed by atoms with Crippen LogP contribution in [0.1, 0.15) is 28.2 Å². The number of nitrogens with zero attached hydrogens (tertiary/aromatic N) is 2. The molecule has 3 aromatic rings. The van der Waals surface area contributed by atoms with Gasteiger partial charge in [0.15, 0.2) is 11.5 Å². The number of hydrogen-bond acceptors (Lipinski definition) is 6. The smallest absolute Gasteiger partial charge is 0.251 e. The Morgan fingerprint density at radius 2 is 1.74 bits per heavy atom. The van der Waals surface area contributed by atoms with Crippen molar-refractivity contribution in [1.29, 1.82) is 0 Å². The van der Waals surface area contributed by atoms with Crippen molar-refractivity contribution < 1.29 is 18.7 Å². The number of carbonyl (C=O) groups is 1. The van der Waals surface area contributed by atoms with Crippen LogP contribution in [0.4, 0.5) is 10.1 Å². The molecule has 1 aromatic heterocycles. The number of ether oxygens (including phenoxy) is 2. The van der Waals surface area contributed by atoms with E-state index in [9.17, 15) is 9.18 Å². The van der Waals surface area contributed by atoms with Crippen molar-refractivity contribution in [3.8, 4) is 11.5 Å². The lowest BCUT2D eigenvalue weighted by Crippen LogP contribution is -2.52. The van der Waals surface area contributed by atoms with Crippen molar-refractivity contribution in [2.75, 3.05) is 45.3 Å². The summed E-state index contributed by atoms with van der Waals surface area (Å²) >= 11 is 1.68. The van der Waals surface area contributed by atoms with Gasteiger partial charge in [0.2, 0.25) is 0 Å². The summed E-state index contributed by atoms with van der Waals surface area (Å²) in [6.45, 7) is 5.02. The SMILES string of the molecule is COc1ccc(C(=O)N[C@H](C)[C@@H](c2cccs2)N2CCN(c3ccccc3F)CC2)cc1OC. The summed E-state index contributed by atoms with van der Waals surface area (Å²) in [6.07, 6.45) is 0. The molecule has 0 saturated carbocycles. The molecule has 6 nitrogen and oxygen atoms in total. The quantitative estimate of drug-likeness (QED) is 0.508. The van der Waals surface area contributed by atoms with Crippen LogP contribution in [0.25, 0.3) is 0 Å². The number of anilines is 1. The lowest BCUT2D eigenvalue weighted by molar-refractivity contribution is 0.0890. The highest BCUT2D eigenvalue weighted by Gasteiger charge is 2.31. The fourth-order valence-corrected chi connectivity index (χ4v) is 5.46. The fraction of sp³-hybridized carbons (Fsp3) is 0.346. The van der Waals surface area contributed by atoms with E-state index < -0.39 is 0 Å². The summed E-state index contributed by atoms with van der Waals surface area (Å²) in [6, 6.07) is 16.1. The average Bonchev–Trinajstić information content (AvgIpc) is 3.39. The molecule has 1 aliphatic heterocycles. The molecule has 1 fully saturated rings. The molecule has 0 aliphatic carbocycles. The number of amides is 1. The largest absolute Gasteiger partial charge is 0.493 e. The van der Waals surface area contributed by atoms with E-state index in [1.807, 2.05) is 25.1 Å². The third kappa shape index (κ3) is 5.18. The van der Waals surface area contributed by atoms with Gasteiger partial charge in [0.05, 0.1) is 25.9 Å². The van der Waals surface area contributed by atoms with Crippen LogP contribution in [0.2, 0.25) is 0 Å². The first-order chi connectivity index (χ1) is 16.5. The number of rotatable bonds is 8. The zero-order valence-electron chi connectivity index (χ0n) is 19.7. The number of nitrogens with one attached hydrogen (secondary N) is 1. The number of carbonyl (C=O) groups excluding carboxylic acids is 1. The minimum Gasteiger partial charge on any atom is -0.493 e. The third-order valence-corrected chi connectivity index (χ3v) is 7.16. The normalized spacial score (nSPS) is 16.1. The maximum atomic E-state index is 14.3. The summed E-state index contributed by atoms with van der Waals surface area (Å²) < 4.78 is 24.9. The molecule has 180 valence electrons. The van der Waals surface area contributed by atoms with E-state index in [4.69, 9.17) is 9.47 Å². The predicted octanol–water partition coefficient (Wildman–Crippen LogP) is 4.59. The average molecular weight is 484 g/mol. The first kappa shape index (κ1) is 24.0. The Balaban J connectivity index is 1.48. The van der Waals surface area contributed by atoms with Gasteiger partial charge in [0.25, 0.3) is 5.91 Å². The summed E-state index contributed by atoms with van der Waals surface area (Å²) in [5.74, 6) is 0.736. The Bertz CT molecular complexity index is 1100. The van der Waals surface area contributed by atoms with Crippen LogP contribution in [0, 0.1) is 5.82 Å². The molecule has 2 aromatic carbocycles. The maximum absolute atomic E-state index is 14.3. The van der Waals surface area contributed by atoms with Gasteiger partial charge in [0.1, 0.15) is 5.82 Å². The lowest BCUT2D eigenvalue weighted by atomic mass is 10.0. The van der Waals surface area contributed by atoms with Gasteiger partial charge in [-0.3, -0.25) is 9.69 Å². The van der Waals surface area contributed by atoms with Crippen LogP contribution in [-0.2, 0) is 0 Å². The monoisotopic (exact) mass is 483 g/mol. The van der Waals surface area contributed by atoms with Crippen LogP contribution in [-0.4, -0.2) is 57.2 Å². The molecular formula is C26H30FN3O3S. The Kier molecular flexibility index (Phi) is 7.70. The second-order valence-corrected chi connectivity index (χ2v) is 9.25. The van der Waals surface area contributed by atoms with Gasteiger partial charge in [-0.05, 0) is 48.7 Å². The molecule has 2 atom stereocenters. The highest BCUT2D eigenvalue weighted by molar-refractivity contribution is 7.10. The van der Waals surface area contributed by atoms with Crippen LogP contribution in [0.3, 0.4) is 0 Å². The lowest BCUT2D eigenvalue weighted by Gasteiger charge is -2.42. The molecular weight excluding hydrogens is 453 g/mol. The minimum absolute atomic E-state index is 0.0202. The second kappa shape index (κ2) is 10.9. The number of methoxy groups -OCH3 is 2. The fourth-order valence-electron chi connectivity index (χ4n) is 4.50. The van der Waals surface area contributed by atoms with Gasteiger partial charge in [-0.1, -0.05) is 18.2 Å². The van der Waals surface area contributed by atoms with Crippen LogP contribution in [0.15, 0.2) is 60.0 Å². The zero-order valence-corrected chi connectivity index (χ0v) is 20.5. The molecule has 0 unspecified atom stereocenters. The number of halogens is 1. The molecule has 0 radical (unpaired) electrons. The molecule has 1 aliphatic rings. The first-order valence-corrected chi connectivity index (χ1v) is 12.2. The molecule has 0 bridgehead atoms. The van der Waals surface area contributed by atoms with E-state index >= 15 is 0 Å². The number of hydrogen-bond donors (Lipinski definition) is 1. The van der Waals surface area contributed by atoms with Gasteiger partial charge in [0, 0.05) is 42.7 Å². The Labute approximate surface area is 203 Å². The topological polar surface area (TPSA) is 54.0 Å². The zero-order chi connectivity index (χ0) is 24.1. The summed E-state index contributed by atoms with van der Waals surface area (Å²) in [5.41, 5.74) is 1.16. The highest BCUT2D eigenvalue weighted by Crippen LogP contribution is 2.32. The maximum Gasteiger partial charge on any atom is 0.251 e. The van der Waals surface area contributed by atoms with Crippen molar-refractivity contribution in [3.63, 3.8) is 0 Å². The molecule has 1 amide bonds. The van der Waals surface area contributed by atoms with Crippen LogP contribution >= 0.6 is 11.3 Å². The van der Waals surface area contributed by atoms with Gasteiger partial charge >= 0.3 is 0 Å². The first-order valence-electron chi connectivity index (χ1n) is 11.3. The van der Waals surface area contributed by atoms with Gasteiger partial charge in [-0.25, -0.2) is 4.39 Å². The van der Waals surface area contributed by atoms with Gasteiger partial charge in [-0.2, -0.15) is 0 Å². The van der Waals surface area contributed by atoms with E-state index in [1.165, 1.54) is 10.9 Å². The summed E-state index contributed by atoms with van der Waals surface area (Å²) in [4.78, 5) is 18.7. The molecule has 1 saturated heterocycles. The second-order valence-electron chi connectivity index (χ2n) is 8.27. The van der Waals surface area contributed by atoms with E-state index in [1.54, 1.807) is 49.8 Å². The minimum atomic E-state index is -0.193. The molecule has 4 rings (SSSR count). The van der Waals surface area contributed by atoms with Crippen molar-refractivity contribution >= 4 is 22.9 Å². The van der Waals surface area contributed by atoms with Crippen molar-refractivity contribution in [2.45, 2.75) is 19.0 Å². The highest BCUT2D eigenvalue weighted by atomic mass is 32.1. The molecule has 2 heterocycles. The van der Waals surface area contributed by atoms with E-state index in [-0.39, 0.29) is 23.8 Å². The molecule has 0 spiro atoms. The molecule has 1 N–H and O–H groups in total. The van der Waals surface area contributed by atoms with Crippen LogP contribution < -0.4 is 19.7 Å². The van der Waals surface area contributed by atoms with Gasteiger partial charge < -0.3 is 19.7 Å². The van der Waals surface area contributed by atoms with Gasteiger partial charge in [-0.15, -0.1) is 11.3 Å². The van der Waals surface area contributed by atoms with Crippen molar-refractivity contribution in [1.82, 2.24) is 10.2 Å². The Morgan fingerprint density at radius 1 is 1.00 bits per heavy atom. The van der Waals surface area contributed by atoms with Crippen molar-refractivity contribution in [2.24, 2.45) is 0 Å². The van der Waals surface area contributed by atoms with E-state index in [0.29, 0.717) is 22.7 Å². The number of thiophene rings is 1. The summed E-state index contributed by atoms with van der Waals surface area (Å²) in [7, 11) is 3.12. The summed E-state index contributed by atoms with van der Waals surface area (Å²) in [5, 5.41) is 5.24. The van der Waals surface area contributed by atoms with Crippen molar-refractivity contribution in [3.05, 3.63) is 76.2 Å². The Hall–Kier alpha value is -3.10. The van der Waals surface area contributed by atoms with E-state index in [2.05, 4.69) is 26.6 Å². The number of piperazine rings is 1. The number of benzene rings is 2. The Morgan fingerprint density at radius 3 is 2.38 bits per heavy atom. The molecule has 34 heavy (non-hydrogen) atoms. The predicted molar refractivity (Wildman–Crippen MR) is 134 cm³/mol. The molecule has 8 heteroatoms. The number of para-hydroxylation sites is 1. The standard InChI is InChI=1S/C26H30FN3O3S/c1-18(28-26(31)19-10-11-22(32-2)23(17-19)33-3)25(24-9-6-16-34-24)30-14-12-29(13-15-30)21-8-5-4-7-20(21)27/h4-11,16-18,25H,12-15H2,1-3H3,(H,28,31)/t18-,25+/m1/s1. The van der Waals surface area contributed by atoms with E-state index in [0.717, 1.165) is 26.2 Å². The third-order valence-electron chi connectivity index (χ3n) is 6.21.